The number of nitrogens with one attached hydrogen (secondary N) is 1. The van der Waals surface area contributed by atoms with Gasteiger partial charge in [0.1, 0.15) is 12.1 Å². The Kier molecular flexibility index (Phi) is 5.28. The molecule has 0 aromatic rings. The standard InChI is InChI=1S/C17H30N2O2/c1-5-13-16(20)18-15(11(2)3)17(21)19(13)14-10-8-6-7-9-12(14)4/h11-15H,5-10H2,1-4H3,(H,18,20). The summed E-state index contributed by atoms with van der Waals surface area (Å²) in [6.07, 6.45) is 6.57. The Bertz CT molecular complexity index is 394. The first-order valence-corrected chi connectivity index (χ1v) is 8.59. The molecule has 0 aromatic heterocycles. The second-order valence-corrected chi connectivity index (χ2v) is 7.08. The van der Waals surface area contributed by atoms with Gasteiger partial charge in [-0.3, -0.25) is 9.59 Å². The van der Waals surface area contributed by atoms with Crippen molar-refractivity contribution in [3.8, 4) is 0 Å². The first-order chi connectivity index (χ1) is 9.97. The van der Waals surface area contributed by atoms with Crippen molar-refractivity contribution in [1.82, 2.24) is 10.2 Å². The first-order valence-electron chi connectivity index (χ1n) is 8.59. The number of carbonyl (C=O) groups is 2. The van der Waals surface area contributed by atoms with Crippen LogP contribution in [0.4, 0.5) is 0 Å². The molecule has 4 heteroatoms. The zero-order valence-electron chi connectivity index (χ0n) is 13.9. The number of nitrogens with zero attached hydrogens (tertiary/aromatic N) is 1. The molecule has 1 saturated heterocycles. The van der Waals surface area contributed by atoms with Crippen LogP contribution in [0.3, 0.4) is 0 Å². The van der Waals surface area contributed by atoms with Gasteiger partial charge in [-0.05, 0) is 31.1 Å². The van der Waals surface area contributed by atoms with Crippen molar-refractivity contribution in [2.24, 2.45) is 11.8 Å². The Hall–Kier alpha value is -1.06. The molecule has 1 saturated carbocycles. The zero-order chi connectivity index (χ0) is 15.6. The molecule has 1 N–H and O–H groups in total. The van der Waals surface area contributed by atoms with Gasteiger partial charge in [-0.25, -0.2) is 0 Å². The van der Waals surface area contributed by atoms with Crippen molar-refractivity contribution in [2.45, 2.75) is 84.3 Å². The summed E-state index contributed by atoms with van der Waals surface area (Å²) in [5.74, 6) is 0.800. The summed E-state index contributed by atoms with van der Waals surface area (Å²) in [6.45, 7) is 8.25. The predicted octanol–water partition coefficient (Wildman–Crippen LogP) is 2.72. The van der Waals surface area contributed by atoms with Crippen LogP contribution in [-0.2, 0) is 9.59 Å². The second kappa shape index (κ2) is 6.80. The molecular formula is C17H30N2O2. The first kappa shape index (κ1) is 16.3. The lowest BCUT2D eigenvalue weighted by Crippen LogP contribution is -2.67. The maximum absolute atomic E-state index is 13.0. The van der Waals surface area contributed by atoms with Crippen molar-refractivity contribution in [1.29, 1.82) is 0 Å². The van der Waals surface area contributed by atoms with Gasteiger partial charge in [0, 0.05) is 6.04 Å². The Morgan fingerprint density at radius 3 is 2.48 bits per heavy atom. The largest absolute Gasteiger partial charge is 0.342 e. The molecule has 2 rings (SSSR count). The monoisotopic (exact) mass is 294 g/mol. The van der Waals surface area contributed by atoms with Gasteiger partial charge < -0.3 is 10.2 Å². The highest BCUT2D eigenvalue weighted by Crippen LogP contribution is 2.31. The average Bonchev–Trinajstić information content (AvgIpc) is 2.65. The van der Waals surface area contributed by atoms with Gasteiger partial charge >= 0.3 is 0 Å². The van der Waals surface area contributed by atoms with E-state index in [0.29, 0.717) is 12.3 Å². The molecule has 0 spiro atoms. The van der Waals surface area contributed by atoms with Gasteiger partial charge in [-0.1, -0.05) is 47.0 Å². The summed E-state index contributed by atoms with van der Waals surface area (Å²) in [5.41, 5.74) is 0. The summed E-state index contributed by atoms with van der Waals surface area (Å²) in [6, 6.07) is -0.397. The van der Waals surface area contributed by atoms with E-state index in [0.717, 1.165) is 6.42 Å². The summed E-state index contributed by atoms with van der Waals surface area (Å²) >= 11 is 0. The van der Waals surface area contributed by atoms with Crippen LogP contribution in [0.2, 0.25) is 0 Å². The van der Waals surface area contributed by atoms with E-state index in [1.807, 2.05) is 25.7 Å². The van der Waals surface area contributed by atoms with Crippen LogP contribution in [0.25, 0.3) is 0 Å². The average molecular weight is 294 g/mol. The Balaban J connectivity index is 2.29. The molecule has 1 aliphatic carbocycles. The molecule has 0 radical (unpaired) electrons. The third-order valence-corrected chi connectivity index (χ3v) is 5.18. The van der Waals surface area contributed by atoms with Crippen molar-refractivity contribution in [3.05, 3.63) is 0 Å². The van der Waals surface area contributed by atoms with E-state index in [4.69, 9.17) is 0 Å². The molecule has 0 aromatic carbocycles. The Morgan fingerprint density at radius 2 is 1.86 bits per heavy atom. The molecule has 1 heterocycles. The van der Waals surface area contributed by atoms with Gasteiger partial charge in [0.2, 0.25) is 11.8 Å². The van der Waals surface area contributed by atoms with E-state index in [2.05, 4.69) is 12.2 Å². The topological polar surface area (TPSA) is 49.4 Å². The zero-order valence-corrected chi connectivity index (χ0v) is 13.9. The molecule has 120 valence electrons. The maximum Gasteiger partial charge on any atom is 0.246 e. The molecule has 4 atom stereocenters. The van der Waals surface area contributed by atoms with Crippen molar-refractivity contribution in [2.75, 3.05) is 0 Å². The SMILES string of the molecule is CCC1C(=O)NC(C(C)C)C(=O)N1C1CCCCCC1C. The van der Waals surface area contributed by atoms with E-state index < -0.39 is 0 Å². The van der Waals surface area contributed by atoms with Gasteiger partial charge in [-0.2, -0.15) is 0 Å². The second-order valence-electron chi connectivity index (χ2n) is 7.08. The van der Waals surface area contributed by atoms with Gasteiger partial charge in [0.25, 0.3) is 0 Å². The third kappa shape index (κ3) is 3.24. The fourth-order valence-electron chi connectivity index (χ4n) is 3.87. The third-order valence-electron chi connectivity index (χ3n) is 5.18. The summed E-state index contributed by atoms with van der Waals surface area (Å²) < 4.78 is 0. The summed E-state index contributed by atoms with van der Waals surface area (Å²) in [5, 5.41) is 2.94. The summed E-state index contributed by atoms with van der Waals surface area (Å²) in [4.78, 5) is 27.3. The highest BCUT2D eigenvalue weighted by molar-refractivity contribution is 5.97. The van der Waals surface area contributed by atoms with Crippen LogP contribution in [0, 0.1) is 11.8 Å². The fourth-order valence-corrected chi connectivity index (χ4v) is 3.87. The number of hydrogen-bond donors (Lipinski definition) is 1. The van der Waals surface area contributed by atoms with Gasteiger partial charge in [0.15, 0.2) is 0 Å². The Labute approximate surface area is 128 Å². The minimum Gasteiger partial charge on any atom is -0.342 e. The normalized spacial score (nSPS) is 34.8. The predicted molar refractivity (Wildman–Crippen MR) is 83.7 cm³/mol. The lowest BCUT2D eigenvalue weighted by Gasteiger charge is -2.45. The fraction of sp³-hybridized carbons (Fsp3) is 0.882. The molecule has 4 unspecified atom stereocenters. The molecule has 2 amide bonds. The highest BCUT2D eigenvalue weighted by Gasteiger charge is 2.45. The van der Waals surface area contributed by atoms with Crippen LogP contribution in [0.1, 0.15) is 66.2 Å². The van der Waals surface area contributed by atoms with Gasteiger partial charge in [-0.15, -0.1) is 0 Å². The van der Waals surface area contributed by atoms with Gasteiger partial charge in [0.05, 0.1) is 0 Å². The highest BCUT2D eigenvalue weighted by atomic mass is 16.2. The number of carbonyl (C=O) groups excluding carboxylic acids is 2. The lowest BCUT2D eigenvalue weighted by atomic mass is 9.89. The smallest absolute Gasteiger partial charge is 0.246 e. The van der Waals surface area contributed by atoms with Crippen LogP contribution < -0.4 is 5.32 Å². The van der Waals surface area contributed by atoms with E-state index >= 15 is 0 Å². The van der Waals surface area contributed by atoms with Crippen LogP contribution in [-0.4, -0.2) is 34.8 Å². The summed E-state index contributed by atoms with van der Waals surface area (Å²) in [7, 11) is 0. The molecule has 0 bridgehead atoms. The molecule has 21 heavy (non-hydrogen) atoms. The van der Waals surface area contributed by atoms with E-state index in [9.17, 15) is 9.59 Å². The lowest BCUT2D eigenvalue weighted by molar-refractivity contribution is -0.155. The Morgan fingerprint density at radius 1 is 1.19 bits per heavy atom. The number of hydrogen-bond acceptors (Lipinski definition) is 2. The number of amides is 2. The molecular weight excluding hydrogens is 264 g/mol. The van der Waals surface area contributed by atoms with Crippen molar-refractivity contribution < 1.29 is 9.59 Å². The quantitative estimate of drug-likeness (QED) is 0.814. The maximum atomic E-state index is 13.0. The molecule has 1 aliphatic heterocycles. The minimum absolute atomic E-state index is 0.0345. The van der Waals surface area contributed by atoms with E-state index in [-0.39, 0.29) is 35.9 Å². The van der Waals surface area contributed by atoms with Crippen molar-refractivity contribution >= 4 is 11.8 Å². The minimum atomic E-state index is -0.351. The molecule has 2 aliphatic rings. The van der Waals surface area contributed by atoms with E-state index in [1.165, 1.54) is 25.7 Å². The van der Waals surface area contributed by atoms with Crippen LogP contribution >= 0.6 is 0 Å². The number of piperazine rings is 1. The molecule has 4 nitrogen and oxygen atoms in total. The molecule has 2 fully saturated rings. The number of rotatable bonds is 3. The van der Waals surface area contributed by atoms with E-state index in [1.54, 1.807) is 0 Å². The van der Waals surface area contributed by atoms with Crippen molar-refractivity contribution in [3.63, 3.8) is 0 Å². The van der Waals surface area contributed by atoms with Crippen LogP contribution in [0.5, 0.6) is 0 Å². The van der Waals surface area contributed by atoms with Crippen LogP contribution in [0.15, 0.2) is 0 Å².